The number of nitrogens with zero attached hydrogens (tertiary/aromatic N) is 1. The fourth-order valence-electron chi connectivity index (χ4n) is 2.29. The highest BCUT2D eigenvalue weighted by Gasteiger charge is 2.28. The molecule has 3 N–H and O–H groups in total. The normalized spacial score (nSPS) is 16.0. The van der Waals surface area contributed by atoms with Crippen molar-refractivity contribution in [1.29, 1.82) is 0 Å². The molecule has 18 heavy (non-hydrogen) atoms. The summed E-state index contributed by atoms with van der Waals surface area (Å²) in [5, 5.41) is 10.0. The third-order valence-electron chi connectivity index (χ3n) is 2.94. The van der Waals surface area contributed by atoms with E-state index < -0.39 is 5.60 Å². The van der Waals surface area contributed by atoms with Crippen LogP contribution in [-0.4, -0.2) is 34.7 Å². The van der Waals surface area contributed by atoms with E-state index in [4.69, 9.17) is 5.73 Å². The predicted molar refractivity (Wildman–Crippen MR) is 79.0 cm³/mol. The van der Waals surface area contributed by atoms with Crippen LogP contribution in [0.1, 0.15) is 43.5 Å². The summed E-state index contributed by atoms with van der Waals surface area (Å²) in [4.78, 5) is 4.85. The van der Waals surface area contributed by atoms with Crippen molar-refractivity contribution >= 4 is 11.3 Å². The zero-order valence-electron chi connectivity index (χ0n) is 12.1. The second kappa shape index (κ2) is 6.15. The second-order valence-corrected chi connectivity index (χ2v) is 6.95. The predicted octanol–water partition coefficient (Wildman–Crippen LogP) is 2.54. The van der Waals surface area contributed by atoms with E-state index >= 15 is 0 Å². The van der Waals surface area contributed by atoms with Gasteiger partial charge in [-0.2, -0.15) is 0 Å². The molecule has 0 fully saturated rings. The Morgan fingerprint density at radius 3 is 2.39 bits per heavy atom. The van der Waals surface area contributed by atoms with E-state index in [0.29, 0.717) is 6.54 Å². The Morgan fingerprint density at radius 1 is 1.44 bits per heavy atom. The lowest BCUT2D eigenvalue weighted by Gasteiger charge is -2.36. The van der Waals surface area contributed by atoms with Crippen molar-refractivity contribution in [2.75, 3.05) is 13.1 Å². The van der Waals surface area contributed by atoms with Gasteiger partial charge in [-0.25, -0.2) is 0 Å². The molecule has 0 bridgehead atoms. The Labute approximate surface area is 115 Å². The summed E-state index contributed by atoms with van der Waals surface area (Å²) in [5.74, 6) is 0. The molecule has 0 aliphatic carbocycles. The molecule has 1 aromatic heterocycles. The average Bonchev–Trinajstić information content (AvgIpc) is 2.61. The molecule has 0 spiro atoms. The van der Waals surface area contributed by atoms with E-state index in [1.54, 1.807) is 11.3 Å². The monoisotopic (exact) mass is 270 g/mol. The average molecular weight is 270 g/mol. The van der Waals surface area contributed by atoms with Crippen LogP contribution in [0.15, 0.2) is 12.1 Å². The number of nitrogens with two attached hydrogens (primary N) is 1. The molecule has 0 saturated carbocycles. The van der Waals surface area contributed by atoms with Crippen LogP contribution in [0.25, 0.3) is 0 Å². The van der Waals surface area contributed by atoms with Gasteiger partial charge in [-0.05, 0) is 46.4 Å². The standard InChI is InChI=1S/C14H26N2OS/c1-6-16(9-14(4,5)17)13(11(3)15)12-8-7-10(2)18-12/h7-8,11,13,17H,6,9,15H2,1-5H3. The number of hydrogen-bond donors (Lipinski definition) is 2. The Hall–Kier alpha value is -0.420. The molecular formula is C14H26N2OS. The van der Waals surface area contributed by atoms with Crippen LogP contribution in [0.5, 0.6) is 0 Å². The van der Waals surface area contributed by atoms with Gasteiger partial charge in [0, 0.05) is 22.3 Å². The molecule has 3 nitrogen and oxygen atoms in total. The van der Waals surface area contributed by atoms with Gasteiger partial charge in [0.05, 0.1) is 11.6 Å². The van der Waals surface area contributed by atoms with Gasteiger partial charge < -0.3 is 10.8 Å². The first-order chi connectivity index (χ1) is 8.24. The van der Waals surface area contributed by atoms with E-state index in [0.717, 1.165) is 6.54 Å². The van der Waals surface area contributed by atoms with Crippen molar-refractivity contribution < 1.29 is 5.11 Å². The fourth-order valence-corrected chi connectivity index (χ4v) is 3.42. The maximum Gasteiger partial charge on any atom is 0.0718 e. The van der Waals surface area contributed by atoms with Gasteiger partial charge in [0.2, 0.25) is 0 Å². The van der Waals surface area contributed by atoms with Crippen molar-refractivity contribution in [3.63, 3.8) is 0 Å². The largest absolute Gasteiger partial charge is 0.389 e. The van der Waals surface area contributed by atoms with Crippen molar-refractivity contribution in [2.45, 2.75) is 52.3 Å². The number of likely N-dealkylation sites (N-methyl/N-ethyl adjacent to an activating group) is 1. The summed E-state index contributed by atoms with van der Waals surface area (Å²) in [7, 11) is 0. The zero-order valence-corrected chi connectivity index (χ0v) is 12.9. The van der Waals surface area contributed by atoms with Crippen LogP contribution < -0.4 is 5.73 Å². The number of hydrogen-bond acceptors (Lipinski definition) is 4. The molecule has 0 aliphatic heterocycles. The lowest BCUT2D eigenvalue weighted by atomic mass is 10.0. The van der Waals surface area contributed by atoms with Gasteiger partial charge in [0.1, 0.15) is 0 Å². The Balaban J connectivity index is 2.96. The van der Waals surface area contributed by atoms with Crippen LogP contribution in [0, 0.1) is 6.92 Å². The molecule has 2 atom stereocenters. The van der Waals surface area contributed by atoms with Crippen molar-refractivity contribution in [1.82, 2.24) is 4.90 Å². The summed E-state index contributed by atoms with van der Waals surface area (Å²) in [5.41, 5.74) is 5.46. The lowest BCUT2D eigenvalue weighted by Crippen LogP contribution is -2.45. The number of aryl methyl sites for hydroxylation is 1. The molecular weight excluding hydrogens is 244 g/mol. The van der Waals surface area contributed by atoms with E-state index in [1.165, 1.54) is 9.75 Å². The Morgan fingerprint density at radius 2 is 2.06 bits per heavy atom. The molecule has 0 amide bonds. The molecule has 0 radical (unpaired) electrons. The summed E-state index contributed by atoms with van der Waals surface area (Å²) in [6.45, 7) is 11.5. The van der Waals surface area contributed by atoms with E-state index in [1.807, 2.05) is 20.8 Å². The third-order valence-corrected chi connectivity index (χ3v) is 4.01. The highest BCUT2D eigenvalue weighted by molar-refractivity contribution is 7.12. The Kier molecular flexibility index (Phi) is 5.34. The van der Waals surface area contributed by atoms with E-state index in [2.05, 4.69) is 30.9 Å². The minimum Gasteiger partial charge on any atom is -0.389 e. The van der Waals surface area contributed by atoms with Gasteiger partial charge in [0.25, 0.3) is 0 Å². The van der Waals surface area contributed by atoms with Crippen LogP contribution in [-0.2, 0) is 0 Å². The SMILES string of the molecule is CCN(CC(C)(C)O)C(c1ccc(C)s1)C(C)N. The highest BCUT2D eigenvalue weighted by Crippen LogP contribution is 2.30. The molecule has 4 heteroatoms. The molecule has 104 valence electrons. The van der Waals surface area contributed by atoms with Crippen LogP contribution >= 0.6 is 11.3 Å². The smallest absolute Gasteiger partial charge is 0.0718 e. The topological polar surface area (TPSA) is 49.5 Å². The lowest BCUT2D eigenvalue weighted by molar-refractivity contribution is 0.0193. The van der Waals surface area contributed by atoms with Crippen molar-refractivity contribution in [2.24, 2.45) is 5.73 Å². The first-order valence-electron chi connectivity index (χ1n) is 6.53. The maximum absolute atomic E-state index is 10.0. The van der Waals surface area contributed by atoms with Crippen molar-refractivity contribution in [3.05, 3.63) is 21.9 Å². The zero-order chi connectivity index (χ0) is 13.9. The van der Waals surface area contributed by atoms with Gasteiger partial charge in [-0.1, -0.05) is 6.92 Å². The highest BCUT2D eigenvalue weighted by atomic mass is 32.1. The molecule has 2 unspecified atom stereocenters. The number of aliphatic hydroxyl groups is 1. The Bertz CT molecular complexity index is 368. The summed E-state index contributed by atoms with van der Waals surface area (Å²) in [6, 6.07) is 4.51. The summed E-state index contributed by atoms with van der Waals surface area (Å²) in [6.07, 6.45) is 0. The molecule has 0 aromatic carbocycles. The molecule has 0 saturated heterocycles. The van der Waals surface area contributed by atoms with E-state index in [9.17, 15) is 5.11 Å². The van der Waals surface area contributed by atoms with Crippen LogP contribution in [0.4, 0.5) is 0 Å². The first-order valence-corrected chi connectivity index (χ1v) is 7.34. The summed E-state index contributed by atoms with van der Waals surface area (Å²) < 4.78 is 0. The molecule has 1 aromatic rings. The van der Waals surface area contributed by atoms with E-state index in [-0.39, 0.29) is 12.1 Å². The number of rotatable bonds is 6. The van der Waals surface area contributed by atoms with Gasteiger partial charge in [0.15, 0.2) is 0 Å². The minimum absolute atomic E-state index is 0.0466. The fraction of sp³-hybridized carbons (Fsp3) is 0.714. The molecule has 1 rings (SSSR count). The first kappa shape index (κ1) is 15.6. The third kappa shape index (κ3) is 4.35. The van der Waals surface area contributed by atoms with Gasteiger partial charge in [-0.15, -0.1) is 11.3 Å². The maximum atomic E-state index is 10.0. The van der Waals surface area contributed by atoms with Gasteiger partial charge in [-0.3, -0.25) is 4.90 Å². The minimum atomic E-state index is -0.699. The van der Waals surface area contributed by atoms with Gasteiger partial charge >= 0.3 is 0 Å². The second-order valence-electron chi connectivity index (χ2n) is 5.63. The van der Waals surface area contributed by atoms with Crippen molar-refractivity contribution in [3.8, 4) is 0 Å². The quantitative estimate of drug-likeness (QED) is 0.835. The molecule has 1 heterocycles. The van der Waals surface area contributed by atoms with Crippen LogP contribution in [0.3, 0.4) is 0 Å². The van der Waals surface area contributed by atoms with Crippen LogP contribution in [0.2, 0.25) is 0 Å². The number of thiophene rings is 1. The summed E-state index contributed by atoms with van der Waals surface area (Å²) >= 11 is 1.79. The molecule has 0 aliphatic rings.